The average molecular weight is 1080 g/mol. The van der Waals surface area contributed by atoms with Gasteiger partial charge in [-0.3, -0.25) is 9.59 Å². The summed E-state index contributed by atoms with van der Waals surface area (Å²) >= 11 is 0. The molecule has 3 N–H and O–H groups in total. The van der Waals surface area contributed by atoms with Crippen LogP contribution in [0.4, 0.5) is 0 Å². The van der Waals surface area contributed by atoms with Gasteiger partial charge in [-0.2, -0.15) is 0 Å². The number of hydrogen-bond acceptors (Lipinski definition) is 5. The lowest BCUT2D eigenvalue weighted by Crippen LogP contribution is -2.45. The first-order chi connectivity index (χ1) is 38.0. The molecule has 1 amide bonds. The summed E-state index contributed by atoms with van der Waals surface area (Å²) in [4.78, 5) is 24.6. The molecule has 0 fully saturated rings. The highest BCUT2D eigenvalue weighted by Crippen LogP contribution is 2.19. The van der Waals surface area contributed by atoms with Crippen LogP contribution in [0.15, 0.2) is 24.3 Å². The third kappa shape index (κ3) is 63.4. The summed E-state index contributed by atoms with van der Waals surface area (Å²) < 4.78 is 5.50. The van der Waals surface area contributed by atoms with Crippen molar-refractivity contribution in [3.05, 3.63) is 24.3 Å². The van der Waals surface area contributed by atoms with Gasteiger partial charge < -0.3 is 20.3 Å². The van der Waals surface area contributed by atoms with Crippen molar-refractivity contribution in [2.45, 2.75) is 405 Å². The lowest BCUT2D eigenvalue weighted by atomic mass is 10.0. The number of ether oxygens (including phenoxy) is 1. The van der Waals surface area contributed by atoms with Crippen LogP contribution in [0.2, 0.25) is 0 Å². The molecule has 0 aliphatic rings. The maximum atomic E-state index is 12.5. The van der Waals surface area contributed by atoms with Crippen molar-refractivity contribution in [2.24, 2.45) is 0 Å². The second-order valence-corrected chi connectivity index (χ2v) is 24.2. The molecule has 0 aliphatic carbocycles. The average Bonchev–Trinajstić information content (AvgIpc) is 3.43. The number of carbonyl (C=O) groups excluding carboxylic acids is 2. The molecular weight excluding hydrogens is 947 g/mol. The zero-order valence-corrected chi connectivity index (χ0v) is 52.2. The maximum absolute atomic E-state index is 12.5. The van der Waals surface area contributed by atoms with E-state index in [1.807, 2.05) is 0 Å². The molecule has 0 aliphatic heterocycles. The SMILES string of the molecule is CCCCC/C=C\C/C=C\CCCCCCCCCC(=O)OCCCCCCCCCCCCCCCCCCCCCCCC(=O)NC(CO)C(O)CCCCCCCCCCCCCCCCCCCCCCCC. The fourth-order valence-electron chi connectivity index (χ4n) is 11.1. The van der Waals surface area contributed by atoms with Crippen molar-refractivity contribution in [2.75, 3.05) is 13.2 Å². The topological polar surface area (TPSA) is 95.9 Å². The molecule has 0 aromatic rings. The molecular formula is C71H137NO5. The maximum Gasteiger partial charge on any atom is 0.305 e. The summed E-state index contributed by atoms with van der Waals surface area (Å²) in [6, 6.07) is -0.543. The fourth-order valence-corrected chi connectivity index (χ4v) is 11.1. The van der Waals surface area contributed by atoms with Crippen molar-refractivity contribution in [1.29, 1.82) is 0 Å². The Hall–Kier alpha value is -1.66. The number of rotatable bonds is 66. The highest BCUT2D eigenvalue weighted by molar-refractivity contribution is 5.76. The molecule has 0 radical (unpaired) electrons. The molecule has 77 heavy (non-hydrogen) atoms. The van der Waals surface area contributed by atoms with Crippen LogP contribution >= 0.6 is 0 Å². The summed E-state index contributed by atoms with van der Waals surface area (Å²) in [5.74, 6) is -0.0262. The molecule has 0 spiro atoms. The number of carbonyl (C=O) groups is 2. The van der Waals surface area contributed by atoms with E-state index in [-0.39, 0.29) is 18.5 Å². The highest BCUT2D eigenvalue weighted by atomic mass is 16.5. The number of hydrogen-bond donors (Lipinski definition) is 3. The van der Waals surface area contributed by atoms with Crippen molar-refractivity contribution < 1.29 is 24.5 Å². The Bertz CT molecular complexity index is 1200. The molecule has 0 aromatic heterocycles. The van der Waals surface area contributed by atoms with Gasteiger partial charge in [0, 0.05) is 12.8 Å². The summed E-state index contributed by atoms with van der Waals surface area (Å²) in [6.07, 6.45) is 83.5. The first kappa shape index (κ1) is 75.3. The lowest BCUT2D eigenvalue weighted by Gasteiger charge is -2.22. The van der Waals surface area contributed by atoms with Gasteiger partial charge in [-0.05, 0) is 57.8 Å². The van der Waals surface area contributed by atoms with Gasteiger partial charge in [0.1, 0.15) is 0 Å². The minimum Gasteiger partial charge on any atom is -0.466 e. The van der Waals surface area contributed by atoms with Gasteiger partial charge in [0.2, 0.25) is 5.91 Å². The number of unbranched alkanes of at least 4 members (excludes halogenated alkanes) is 51. The molecule has 2 unspecified atom stereocenters. The Kier molecular flexibility index (Phi) is 65.4. The summed E-state index contributed by atoms with van der Waals surface area (Å²) in [6.45, 7) is 4.96. The molecule has 0 saturated carbocycles. The van der Waals surface area contributed by atoms with E-state index in [0.29, 0.717) is 25.9 Å². The van der Waals surface area contributed by atoms with Gasteiger partial charge in [0.25, 0.3) is 0 Å². The van der Waals surface area contributed by atoms with Crippen LogP contribution in [0.1, 0.15) is 393 Å². The van der Waals surface area contributed by atoms with E-state index in [1.54, 1.807) is 0 Å². The summed E-state index contributed by atoms with van der Waals surface area (Å²) in [5, 5.41) is 23.4. The highest BCUT2D eigenvalue weighted by Gasteiger charge is 2.20. The van der Waals surface area contributed by atoms with Crippen LogP contribution in [-0.2, 0) is 14.3 Å². The zero-order valence-electron chi connectivity index (χ0n) is 52.2. The van der Waals surface area contributed by atoms with Gasteiger partial charge in [-0.15, -0.1) is 0 Å². The minimum atomic E-state index is -0.666. The molecule has 456 valence electrons. The Morgan fingerprint density at radius 1 is 0.364 bits per heavy atom. The first-order valence-corrected chi connectivity index (χ1v) is 35.1. The summed E-state index contributed by atoms with van der Waals surface area (Å²) in [7, 11) is 0. The predicted molar refractivity (Wildman–Crippen MR) is 338 cm³/mol. The smallest absolute Gasteiger partial charge is 0.305 e. The van der Waals surface area contributed by atoms with Gasteiger partial charge in [0.05, 0.1) is 25.4 Å². The second-order valence-electron chi connectivity index (χ2n) is 24.2. The van der Waals surface area contributed by atoms with Gasteiger partial charge in [-0.25, -0.2) is 0 Å². The number of aliphatic hydroxyl groups is 2. The zero-order chi connectivity index (χ0) is 55.7. The predicted octanol–water partition coefficient (Wildman–Crippen LogP) is 22.5. The van der Waals surface area contributed by atoms with Crippen molar-refractivity contribution in [3.8, 4) is 0 Å². The lowest BCUT2D eigenvalue weighted by molar-refractivity contribution is -0.143. The Balaban J connectivity index is 3.38. The summed E-state index contributed by atoms with van der Waals surface area (Å²) in [5.41, 5.74) is 0. The molecule has 0 heterocycles. The minimum absolute atomic E-state index is 0.00531. The van der Waals surface area contributed by atoms with Gasteiger partial charge >= 0.3 is 5.97 Å². The Labute approximate surface area is 481 Å². The van der Waals surface area contributed by atoms with E-state index in [2.05, 4.69) is 43.5 Å². The van der Waals surface area contributed by atoms with E-state index in [0.717, 1.165) is 51.4 Å². The monoisotopic (exact) mass is 1080 g/mol. The van der Waals surface area contributed by atoms with Crippen LogP contribution in [0.25, 0.3) is 0 Å². The molecule has 0 rings (SSSR count). The van der Waals surface area contributed by atoms with Crippen LogP contribution in [0.5, 0.6) is 0 Å². The largest absolute Gasteiger partial charge is 0.466 e. The molecule has 6 nitrogen and oxygen atoms in total. The number of esters is 1. The van der Waals surface area contributed by atoms with Crippen molar-refractivity contribution in [3.63, 3.8) is 0 Å². The van der Waals surface area contributed by atoms with Gasteiger partial charge in [0.15, 0.2) is 0 Å². The van der Waals surface area contributed by atoms with Crippen molar-refractivity contribution in [1.82, 2.24) is 5.32 Å². The van der Waals surface area contributed by atoms with E-state index in [4.69, 9.17) is 4.74 Å². The standard InChI is InChI=1S/C71H137NO5/c1-3-5-7-9-11-13-15-17-19-21-22-23-25-28-32-35-39-43-47-51-55-59-63-69(74)68(67-73)72-70(75)64-60-56-52-48-44-40-36-33-29-26-24-27-30-34-38-42-46-50-54-58-62-66-77-71(76)65-61-57-53-49-45-41-37-31-20-18-16-14-12-10-8-6-4-2/h12,14,18,20,68-69,73-74H,3-11,13,15-17,19,21-67H2,1-2H3,(H,72,75)/b14-12-,20-18-. The van der Waals surface area contributed by atoms with Crippen LogP contribution in [0.3, 0.4) is 0 Å². The molecule has 0 aromatic carbocycles. The van der Waals surface area contributed by atoms with Crippen LogP contribution in [0, 0.1) is 0 Å². The van der Waals surface area contributed by atoms with E-state index in [9.17, 15) is 19.8 Å². The number of aliphatic hydroxyl groups excluding tert-OH is 2. The molecule has 6 heteroatoms. The third-order valence-electron chi connectivity index (χ3n) is 16.5. The van der Waals surface area contributed by atoms with Crippen LogP contribution < -0.4 is 5.32 Å². The van der Waals surface area contributed by atoms with Crippen molar-refractivity contribution >= 4 is 11.9 Å². The molecule has 0 bridgehead atoms. The van der Waals surface area contributed by atoms with Crippen LogP contribution in [-0.4, -0.2) is 47.4 Å². The first-order valence-electron chi connectivity index (χ1n) is 35.1. The Morgan fingerprint density at radius 2 is 0.649 bits per heavy atom. The van der Waals surface area contributed by atoms with Gasteiger partial charge in [-0.1, -0.05) is 346 Å². The van der Waals surface area contributed by atoms with E-state index < -0.39 is 12.1 Å². The number of nitrogens with one attached hydrogen (secondary N) is 1. The molecule has 2 atom stereocenters. The quantitative estimate of drug-likeness (QED) is 0.0320. The van der Waals surface area contributed by atoms with E-state index in [1.165, 1.54) is 308 Å². The van der Waals surface area contributed by atoms with E-state index >= 15 is 0 Å². The normalized spacial score (nSPS) is 12.6. The fraction of sp³-hybridized carbons (Fsp3) is 0.915. The second kappa shape index (κ2) is 66.8. The third-order valence-corrected chi connectivity index (χ3v) is 16.5. The number of amides is 1. The number of allylic oxidation sites excluding steroid dienone is 4. The Morgan fingerprint density at radius 3 is 1.01 bits per heavy atom. The molecule has 0 saturated heterocycles.